The number of carbonyl (C=O) groups is 1. The van der Waals surface area contributed by atoms with Crippen molar-refractivity contribution in [3.63, 3.8) is 0 Å². The molecule has 0 aliphatic carbocycles. The van der Waals surface area contributed by atoms with Gasteiger partial charge in [0.1, 0.15) is 0 Å². The van der Waals surface area contributed by atoms with E-state index in [2.05, 4.69) is 138 Å². The standard InChI is InChI=1S/C10H11Br2N3O.C10H9Br2N3.C5H2Br2ClN.C5H8N2/c11-7-3-14-4-8(12)9(7)15-2-1-6(5-15)10(13)16;11-8-4-14-5-9(12)10(8)15-2-1-7(3-13)6-15;6-3-1-9-2-4(7)5(3)8;6-3-5-1-2-7-4-5/h3-4,6H,1-2,5H2,(H2,13,16);4-5,7H,1-2,6H2;1-2H;5,7H,1-2,4H2. The fourth-order valence-electron chi connectivity index (χ4n) is 4.84. The molecule has 17 heteroatoms. The molecule has 3 unspecified atom stereocenters. The summed E-state index contributed by atoms with van der Waals surface area (Å²) in [7, 11) is 0. The van der Waals surface area contributed by atoms with Crippen LogP contribution in [0, 0.1) is 40.4 Å². The van der Waals surface area contributed by atoms with Crippen LogP contribution in [0.1, 0.15) is 19.3 Å². The van der Waals surface area contributed by atoms with Crippen molar-refractivity contribution in [3.05, 3.63) is 69.0 Å². The zero-order chi connectivity index (χ0) is 34.5. The number of aromatic nitrogens is 3. The fraction of sp³-hybridized carbons (Fsp3) is 0.400. The second-order valence-electron chi connectivity index (χ2n) is 10.5. The smallest absolute Gasteiger partial charge is 0.222 e. The monoisotopic (exact) mass is 1040 g/mol. The van der Waals surface area contributed by atoms with Crippen molar-refractivity contribution in [1.29, 1.82) is 10.5 Å². The summed E-state index contributed by atoms with van der Waals surface area (Å²) < 4.78 is 5.39. The molecule has 3 aromatic rings. The quantitative estimate of drug-likeness (QED) is 0.265. The van der Waals surface area contributed by atoms with Crippen LogP contribution < -0.4 is 20.9 Å². The number of amides is 1. The van der Waals surface area contributed by atoms with Crippen molar-refractivity contribution in [2.45, 2.75) is 19.3 Å². The highest BCUT2D eigenvalue weighted by Crippen LogP contribution is 2.37. The highest BCUT2D eigenvalue weighted by Gasteiger charge is 2.29. The van der Waals surface area contributed by atoms with Crippen LogP contribution in [0.3, 0.4) is 0 Å². The maximum Gasteiger partial charge on any atom is 0.222 e. The summed E-state index contributed by atoms with van der Waals surface area (Å²) in [5, 5.41) is 20.9. The predicted molar refractivity (Wildman–Crippen MR) is 206 cm³/mol. The Morgan fingerprint density at radius 2 is 1.19 bits per heavy atom. The van der Waals surface area contributed by atoms with E-state index in [1.165, 1.54) is 0 Å². The molecule has 3 saturated heterocycles. The van der Waals surface area contributed by atoms with Crippen LogP contribution in [-0.4, -0.2) is 60.1 Å². The first kappa shape index (κ1) is 40.1. The van der Waals surface area contributed by atoms with Crippen molar-refractivity contribution >= 4 is 124 Å². The van der Waals surface area contributed by atoms with Crippen LogP contribution in [-0.2, 0) is 4.79 Å². The van der Waals surface area contributed by atoms with Gasteiger partial charge in [-0.05, 0) is 121 Å². The summed E-state index contributed by atoms with van der Waals surface area (Å²) in [6, 6.07) is 4.52. The topological polar surface area (TPSA) is 148 Å². The second kappa shape index (κ2) is 20.3. The normalized spacial score (nSPS) is 19.6. The third kappa shape index (κ3) is 12.2. The molecule has 250 valence electrons. The van der Waals surface area contributed by atoms with E-state index >= 15 is 0 Å². The highest BCUT2D eigenvalue weighted by molar-refractivity contribution is 9.12. The number of rotatable bonds is 3. The molecule has 3 aliphatic heterocycles. The Morgan fingerprint density at radius 3 is 1.53 bits per heavy atom. The third-order valence-corrected chi connectivity index (χ3v) is 11.7. The molecule has 1 amide bonds. The number of halogens is 7. The number of nitrogens with one attached hydrogen (secondary N) is 1. The molecule has 3 aromatic heterocycles. The lowest BCUT2D eigenvalue weighted by Gasteiger charge is -2.20. The van der Waals surface area contributed by atoms with Crippen molar-refractivity contribution in [3.8, 4) is 12.1 Å². The maximum atomic E-state index is 11.1. The summed E-state index contributed by atoms with van der Waals surface area (Å²) in [5.41, 5.74) is 7.45. The first-order valence-electron chi connectivity index (χ1n) is 14.3. The van der Waals surface area contributed by atoms with Gasteiger partial charge in [0, 0.05) is 69.9 Å². The minimum absolute atomic E-state index is 0.0491. The number of hydrogen-bond donors (Lipinski definition) is 2. The summed E-state index contributed by atoms with van der Waals surface area (Å²) >= 11 is 26.1. The van der Waals surface area contributed by atoms with E-state index in [1.807, 2.05) is 0 Å². The Morgan fingerprint density at radius 1 is 0.745 bits per heavy atom. The van der Waals surface area contributed by atoms with Crippen LogP contribution in [0.4, 0.5) is 11.4 Å². The van der Waals surface area contributed by atoms with Gasteiger partial charge in [0.2, 0.25) is 5.91 Å². The Kier molecular flexibility index (Phi) is 17.3. The van der Waals surface area contributed by atoms with Gasteiger partial charge in [0.25, 0.3) is 0 Å². The van der Waals surface area contributed by atoms with Gasteiger partial charge in [-0.1, -0.05) is 11.6 Å². The Balaban J connectivity index is 0.000000179. The number of nitriles is 2. The molecular formula is C30H30Br6ClN9O. The van der Waals surface area contributed by atoms with Gasteiger partial charge in [0.15, 0.2) is 0 Å². The van der Waals surface area contributed by atoms with E-state index in [1.54, 1.807) is 37.2 Å². The van der Waals surface area contributed by atoms with Gasteiger partial charge in [-0.3, -0.25) is 19.7 Å². The van der Waals surface area contributed by atoms with Gasteiger partial charge in [-0.2, -0.15) is 10.5 Å². The molecule has 6 rings (SSSR count). The third-order valence-electron chi connectivity index (χ3n) is 7.29. The zero-order valence-electron chi connectivity index (χ0n) is 24.8. The Hall–Kier alpha value is -1.37. The molecule has 3 aliphatic rings. The Bertz CT molecular complexity index is 1540. The van der Waals surface area contributed by atoms with Gasteiger partial charge >= 0.3 is 0 Å². The average Bonchev–Trinajstić information content (AvgIpc) is 3.84. The summed E-state index contributed by atoms with van der Waals surface area (Å²) in [4.78, 5) is 27.5. The van der Waals surface area contributed by atoms with Crippen LogP contribution in [0.15, 0.2) is 64.0 Å². The van der Waals surface area contributed by atoms with E-state index in [-0.39, 0.29) is 17.7 Å². The average molecular weight is 1050 g/mol. The van der Waals surface area contributed by atoms with Gasteiger partial charge < -0.3 is 20.9 Å². The van der Waals surface area contributed by atoms with Crippen LogP contribution in [0.25, 0.3) is 0 Å². The molecule has 0 radical (unpaired) electrons. The number of nitrogens with zero attached hydrogens (tertiary/aromatic N) is 7. The van der Waals surface area contributed by atoms with Gasteiger partial charge in [-0.15, -0.1) is 0 Å². The van der Waals surface area contributed by atoms with Crippen LogP contribution >= 0.6 is 107 Å². The minimum Gasteiger partial charge on any atom is -0.369 e. The molecule has 0 spiro atoms. The number of pyridine rings is 3. The van der Waals surface area contributed by atoms with E-state index in [0.717, 1.165) is 90.2 Å². The minimum atomic E-state index is -0.219. The number of hydrogen-bond acceptors (Lipinski definition) is 9. The van der Waals surface area contributed by atoms with E-state index in [9.17, 15) is 4.79 Å². The Labute approximate surface area is 330 Å². The van der Waals surface area contributed by atoms with Crippen LogP contribution in [0.5, 0.6) is 0 Å². The SMILES string of the molecule is Clc1c(Br)cncc1Br.N#CC1CCN(c2c(Br)cncc2Br)C1.N#CC1CCNC1.NC(=O)C1CCN(c2c(Br)cncc2Br)C1. The highest BCUT2D eigenvalue weighted by atomic mass is 79.9. The van der Waals surface area contributed by atoms with Gasteiger partial charge in [-0.25, -0.2) is 0 Å². The van der Waals surface area contributed by atoms with E-state index < -0.39 is 0 Å². The predicted octanol–water partition coefficient (Wildman–Crippen LogP) is 8.25. The molecular weight excluding hydrogens is 1020 g/mol. The number of anilines is 2. The first-order valence-corrected chi connectivity index (χ1v) is 19.4. The number of nitrogens with two attached hydrogens (primary N) is 1. The first-order chi connectivity index (χ1) is 22.5. The summed E-state index contributed by atoms with van der Waals surface area (Å²) in [6.07, 6.45) is 13.1. The molecule has 10 nitrogen and oxygen atoms in total. The maximum absolute atomic E-state index is 11.1. The van der Waals surface area contributed by atoms with E-state index in [0.29, 0.717) is 17.5 Å². The molecule has 6 heterocycles. The molecule has 3 fully saturated rings. The molecule has 0 aromatic carbocycles. The van der Waals surface area contributed by atoms with Crippen LogP contribution in [0.2, 0.25) is 5.02 Å². The summed E-state index contributed by atoms with van der Waals surface area (Å²) in [5.74, 6) is 0.174. The lowest BCUT2D eigenvalue weighted by molar-refractivity contribution is -0.121. The lowest BCUT2D eigenvalue weighted by Crippen LogP contribution is -2.27. The summed E-state index contributed by atoms with van der Waals surface area (Å²) in [6.45, 7) is 5.18. The zero-order valence-corrected chi connectivity index (χ0v) is 35.1. The number of carbonyl (C=O) groups excluding carboxylic acids is 1. The molecule has 0 saturated carbocycles. The van der Waals surface area contributed by atoms with Crippen molar-refractivity contribution in [1.82, 2.24) is 20.3 Å². The van der Waals surface area contributed by atoms with Crippen molar-refractivity contribution in [2.75, 3.05) is 49.1 Å². The molecule has 3 N–H and O–H groups in total. The van der Waals surface area contributed by atoms with E-state index in [4.69, 9.17) is 27.9 Å². The second-order valence-corrected chi connectivity index (χ2v) is 16.0. The molecule has 47 heavy (non-hydrogen) atoms. The number of primary amides is 1. The van der Waals surface area contributed by atoms with Crippen molar-refractivity contribution < 1.29 is 4.79 Å². The fourth-order valence-corrected chi connectivity index (χ4v) is 8.73. The lowest BCUT2D eigenvalue weighted by atomic mass is 10.1. The molecule has 0 bridgehead atoms. The van der Waals surface area contributed by atoms with Crippen molar-refractivity contribution in [2.24, 2.45) is 23.5 Å². The molecule has 3 atom stereocenters. The largest absolute Gasteiger partial charge is 0.369 e. The van der Waals surface area contributed by atoms with Gasteiger partial charge in [0.05, 0.1) is 73.1 Å².